The molecule has 1 aliphatic rings. The highest BCUT2D eigenvalue weighted by Gasteiger charge is 2.20. The number of ether oxygens (including phenoxy) is 1. The zero-order valence-corrected chi connectivity index (χ0v) is 11.1. The maximum absolute atomic E-state index is 12.0. The van der Waals surface area contributed by atoms with E-state index in [4.69, 9.17) is 4.74 Å². The Bertz CT molecular complexity index is 397. The molecule has 1 atom stereocenters. The summed E-state index contributed by atoms with van der Waals surface area (Å²) in [4.78, 5) is 18.0. The molecule has 0 aliphatic carbocycles. The summed E-state index contributed by atoms with van der Waals surface area (Å²) >= 11 is 0. The van der Waals surface area contributed by atoms with Crippen LogP contribution >= 0.6 is 0 Å². The van der Waals surface area contributed by atoms with Crippen molar-refractivity contribution in [1.82, 2.24) is 14.5 Å². The number of likely N-dealkylation sites (N-methyl/N-ethyl adjacent to an activating group) is 1. The fraction of sp³-hybridized carbons (Fsp3) is 0.692. The van der Waals surface area contributed by atoms with Crippen LogP contribution in [-0.4, -0.2) is 47.2 Å². The lowest BCUT2D eigenvalue weighted by molar-refractivity contribution is -0.131. The van der Waals surface area contributed by atoms with Gasteiger partial charge in [0.05, 0.1) is 0 Å². The first-order chi connectivity index (χ1) is 8.66. The fourth-order valence-electron chi connectivity index (χ4n) is 2.17. The highest BCUT2D eigenvalue weighted by Crippen LogP contribution is 2.17. The Balaban J connectivity index is 1.75. The average Bonchev–Trinajstić information content (AvgIpc) is 2.98. The molecule has 18 heavy (non-hydrogen) atoms. The van der Waals surface area contributed by atoms with Gasteiger partial charge in [0.25, 0.3) is 0 Å². The standard InChI is InChI=1S/C13H21N3O2/c1-11-14-4-5-16(11)7-6-15(2)13(17)9-12-3-8-18-10-12/h4-5,12H,3,6-10H2,1-2H3/t12-/m1/s1. The molecule has 1 aromatic rings. The molecule has 5 heteroatoms. The number of carbonyl (C=O) groups excluding carboxylic acids is 1. The first-order valence-electron chi connectivity index (χ1n) is 6.46. The Hall–Kier alpha value is -1.36. The van der Waals surface area contributed by atoms with Crippen LogP contribution in [0.3, 0.4) is 0 Å². The van der Waals surface area contributed by atoms with Crippen LogP contribution in [0.4, 0.5) is 0 Å². The molecule has 2 heterocycles. The van der Waals surface area contributed by atoms with Gasteiger partial charge in [-0.2, -0.15) is 0 Å². The summed E-state index contributed by atoms with van der Waals surface area (Å²) in [6.07, 6.45) is 5.35. The van der Waals surface area contributed by atoms with Gasteiger partial charge in [-0.25, -0.2) is 4.98 Å². The van der Waals surface area contributed by atoms with Gasteiger partial charge in [0.1, 0.15) is 5.82 Å². The monoisotopic (exact) mass is 251 g/mol. The predicted molar refractivity (Wildman–Crippen MR) is 68.1 cm³/mol. The number of hydrogen-bond acceptors (Lipinski definition) is 3. The van der Waals surface area contributed by atoms with Crippen LogP contribution in [0.15, 0.2) is 12.4 Å². The molecule has 0 spiro atoms. The van der Waals surface area contributed by atoms with E-state index in [9.17, 15) is 4.79 Å². The van der Waals surface area contributed by atoms with Crippen LogP contribution in [0.25, 0.3) is 0 Å². The van der Waals surface area contributed by atoms with E-state index in [1.165, 1.54) is 0 Å². The summed E-state index contributed by atoms with van der Waals surface area (Å²) in [7, 11) is 1.87. The molecule has 0 saturated carbocycles. The molecular weight excluding hydrogens is 230 g/mol. The number of aryl methyl sites for hydroxylation is 1. The molecule has 1 amide bonds. The third-order valence-electron chi connectivity index (χ3n) is 3.51. The van der Waals surface area contributed by atoms with Crippen molar-refractivity contribution in [3.8, 4) is 0 Å². The highest BCUT2D eigenvalue weighted by molar-refractivity contribution is 5.76. The third kappa shape index (κ3) is 3.32. The molecule has 2 rings (SSSR count). The maximum atomic E-state index is 12.0. The molecule has 0 aromatic carbocycles. The van der Waals surface area contributed by atoms with Crippen molar-refractivity contribution in [2.75, 3.05) is 26.8 Å². The smallest absolute Gasteiger partial charge is 0.222 e. The number of rotatable bonds is 5. The molecule has 0 radical (unpaired) electrons. The lowest BCUT2D eigenvalue weighted by Gasteiger charge is -2.19. The van der Waals surface area contributed by atoms with E-state index in [0.29, 0.717) is 12.3 Å². The second kappa shape index (κ2) is 6.00. The molecule has 0 bridgehead atoms. The minimum atomic E-state index is 0.211. The number of aromatic nitrogens is 2. The second-order valence-corrected chi connectivity index (χ2v) is 4.92. The lowest BCUT2D eigenvalue weighted by Crippen LogP contribution is -2.31. The van der Waals surface area contributed by atoms with Crippen molar-refractivity contribution < 1.29 is 9.53 Å². The van der Waals surface area contributed by atoms with Crippen molar-refractivity contribution in [2.45, 2.75) is 26.3 Å². The number of hydrogen-bond donors (Lipinski definition) is 0. The highest BCUT2D eigenvalue weighted by atomic mass is 16.5. The van der Waals surface area contributed by atoms with E-state index in [1.54, 1.807) is 11.1 Å². The minimum Gasteiger partial charge on any atom is -0.381 e. The Kier molecular flexibility index (Phi) is 4.36. The van der Waals surface area contributed by atoms with Gasteiger partial charge in [0.2, 0.25) is 5.91 Å². The topological polar surface area (TPSA) is 47.4 Å². The van der Waals surface area contributed by atoms with Crippen molar-refractivity contribution in [2.24, 2.45) is 5.92 Å². The van der Waals surface area contributed by atoms with Gasteiger partial charge in [-0.15, -0.1) is 0 Å². The van der Waals surface area contributed by atoms with Crippen LogP contribution in [0.1, 0.15) is 18.7 Å². The molecule has 1 aromatic heterocycles. The normalized spacial score (nSPS) is 19.1. The van der Waals surface area contributed by atoms with Crippen molar-refractivity contribution >= 4 is 5.91 Å². The van der Waals surface area contributed by atoms with Gasteiger partial charge >= 0.3 is 0 Å². The van der Waals surface area contributed by atoms with Crippen LogP contribution in [0, 0.1) is 12.8 Å². The fourth-order valence-corrected chi connectivity index (χ4v) is 2.17. The summed E-state index contributed by atoms with van der Waals surface area (Å²) < 4.78 is 7.35. The van der Waals surface area contributed by atoms with Crippen molar-refractivity contribution in [3.05, 3.63) is 18.2 Å². The van der Waals surface area contributed by atoms with Gasteiger partial charge in [-0.3, -0.25) is 4.79 Å². The van der Waals surface area contributed by atoms with Crippen LogP contribution in [0.2, 0.25) is 0 Å². The SMILES string of the molecule is Cc1nccn1CCN(C)C(=O)C[C@H]1CCOC1. The molecule has 100 valence electrons. The zero-order chi connectivity index (χ0) is 13.0. The van der Waals surface area contributed by atoms with Crippen LogP contribution < -0.4 is 0 Å². The van der Waals surface area contributed by atoms with Crippen molar-refractivity contribution in [1.29, 1.82) is 0 Å². The molecular formula is C13H21N3O2. The van der Waals surface area contributed by atoms with E-state index in [-0.39, 0.29) is 5.91 Å². The Morgan fingerprint density at radius 3 is 3.11 bits per heavy atom. The molecule has 1 fully saturated rings. The van der Waals surface area contributed by atoms with E-state index in [0.717, 1.165) is 38.5 Å². The average molecular weight is 251 g/mol. The Morgan fingerprint density at radius 1 is 1.67 bits per heavy atom. The Labute approximate surface area is 108 Å². The predicted octanol–water partition coefficient (Wildman–Crippen LogP) is 1.08. The lowest BCUT2D eigenvalue weighted by atomic mass is 10.0. The van der Waals surface area contributed by atoms with E-state index in [2.05, 4.69) is 9.55 Å². The quantitative estimate of drug-likeness (QED) is 0.786. The number of imidazole rings is 1. The van der Waals surface area contributed by atoms with E-state index in [1.807, 2.05) is 20.2 Å². The number of amides is 1. The summed E-state index contributed by atoms with van der Waals surface area (Å²) in [5.74, 6) is 1.61. The van der Waals surface area contributed by atoms with Gasteiger partial charge in [-0.1, -0.05) is 0 Å². The van der Waals surface area contributed by atoms with Crippen LogP contribution in [0.5, 0.6) is 0 Å². The van der Waals surface area contributed by atoms with Crippen LogP contribution in [-0.2, 0) is 16.1 Å². The minimum absolute atomic E-state index is 0.211. The van der Waals surface area contributed by atoms with E-state index >= 15 is 0 Å². The van der Waals surface area contributed by atoms with Gasteiger partial charge in [0, 0.05) is 52.2 Å². The molecule has 5 nitrogen and oxygen atoms in total. The summed E-state index contributed by atoms with van der Waals surface area (Å²) in [5.41, 5.74) is 0. The first kappa shape index (κ1) is 13.1. The van der Waals surface area contributed by atoms with Gasteiger partial charge < -0.3 is 14.2 Å². The molecule has 0 unspecified atom stereocenters. The maximum Gasteiger partial charge on any atom is 0.222 e. The molecule has 1 saturated heterocycles. The van der Waals surface area contributed by atoms with Gasteiger partial charge in [0.15, 0.2) is 0 Å². The van der Waals surface area contributed by atoms with Crippen molar-refractivity contribution in [3.63, 3.8) is 0 Å². The molecule has 0 N–H and O–H groups in total. The first-order valence-corrected chi connectivity index (χ1v) is 6.46. The van der Waals surface area contributed by atoms with Gasteiger partial charge in [-0.05, 0) is 19.3 Å². The summed E-state index contributed by atoms with van der Waals surface area (Å²) in [5, 5.41) is 0. The Morgan fingerprint density at radius 2 is 2.50 bits per heavy atom. The molecule has 1 aliphatic heterocycles. The summed E-state index contributed by atoms with van der Waals surface area (Å²) in [6, 6.07) is 0. The van der Waals surface area contributed by atoms with E-state index < -0.39 is 0 Å². The third-order valence-corrected chi connectivity index (χ3v) is 3.51. The summed E-state index contributed by atoms with van der Waals surface area (Å²) in [6.45, 7) is 5.03. The zero-order valence-electron chi connectivity index (χ0n) is 11.1. The second-order valence-electron chi connectivity index (χ2n) is 4.92. The number of nitrogens with zero attached hydrogens (tertiary/aromatic N) is 3. The number of carbonyl (C=O) groups is 1. The largest absolute Gasteiger partial charge is 0.381 e.